The highest BCUT2D eigenvalue weighted by molar-refractivity contribution is 5.95. The fraction of sp³-hybridized carbons (Fsp3) is 0.235. The predicted octanol–water partition coefficient (Wildman–Crippen LogP) is 3.87. The number of methoxy groups -OCH3 is 1. The maximum atomic E-state index is 11.3. The fourth-order valence-electron chi connectivity index (χ4n) is 2.23. The van der Waals surface area contributed by atoms with Crippen molar-refractivity contribution in [2.45, 2.75) is 19.9 Å². The Bertz CT molecular complexity index is 635. The second-order valence-corrected chi connectivity index (χ2v) is 4.94. The topological polar surface area (TPSA) is 58.6 Å². The van der Waals surface area contributed by atoms with Crippen LogP contribution in [0.2, 0.25) is 0 Å². The van der Waals surface area contributed by atoms with Crippen LogP contribution in [0.15, 0.2) is 42.5 Å². The molecular weight excluding hydrogens is 266 g/mol. The molecular formula is C17H19NO3. The van der Waals surface area contributed by atoms with E-state index in [1.807, 2.05) is 44.2 Å². The highest BCUT2D eigenvalue weighted by atomic mass is 16.5. The van der Waals surface area contributed by atoms with Gasteiger partial charge in [0.15, 0.2) is 0 Å². The van der Waals surface area contributed by atoms with Gasteiger partial charge in [-0.2, -0.15) is 0 Å². The van der Waals surface area contributed by atoms with Crippen LogP contribution in [0.4, 0.5) is 5.69 Å². The first-order valence-corrected chi connectivity index (χ1v) is 6.76. The molecule has 0 aromatic heterocycles. The van der Waals surface area contributed by atoms with E-state index in [4.69, 9.17) is 4.74 Å². The van der Waals surface area contributed by atoms with Crippen LogP contribution in [0, 0.1) is 6.92 Å². The summed E-state index contributed by atoms with van der Waals surface area (Å²) >= 11 is 0. The van der Waals surface area contributed by atoms with Crippen molar-refractivity contribution in [2.75, 3.05) is 12.4 Å². The molecule has 0 aliphatic carbocycles. The number of carboxylic acid groups (broad SMARTS) is 1. The monoisotopic (exact) mass is 285 g/mol. The van der Waals surface area contributed by atoms with E-state index in [0.717, 1.165) is 16.9 Å². The summed E-state index contributed by atoms with van der Waals surface area (Å²) in [6, 6.07) is 13.0. The third kappa shape index (κ3) is 3.34. The Morgan fingerprint density at radius 2 is 1.86 bits per heavy atom. The number of aryl methyl sites for hydroxylation is 1. The lowest BCUT2D eigenvalue weighted by atomic mass is 10.0. The van der Waals surface area contributed by atoms with Crippen molar-refractivity contribution in [1.82, 2.24) is 0 Å². The van der Waals surface area contributed by atoms with E-state index >= 15 is 0 Å². The SMILES string of the molecule is COc1ccc(C(C)Nc2c(C)cccc2C(=O)O)cc1. The second kappa shape index (κ2) is 6.31. The minimum absolute atomic E-state index is 0.00453. The normalized spacial score (nSPS) is 11.8. The summed E-state index contributed by atoms with van der Waals surface area (Å²) in [5.41, 5.74) is 2.93. The van der Waals surface area contributed by atoms with Gasteiger partial charge in [-0.15, -0.1) is 0 Å². The molecule has 0 amide bonds. The van der Waals surface area contributed by atoms with Crippen LogP contribution >= 0.6 is 0 Å². The summed E-state index contributed by atoms with van der Waals surface area (Å²) in [6.07, 6.45) is 0. The minimum atomic E-state index is -0.928. The highest BCUT2D eigenvalue weighted by Crippen LogP contribution is 2.26. The molecule has 0 radical (unpaired) electrons. The molecule has 2 rings (SSSR count). The first-order chi connectivity index (χ1) is 10.0. The summed E-state index contributed by atoms with van der Waals surface area (Å²) in [5, 5.41) is 12.6. The number of benzene rings is 2. The zero-order valence-corrected chi connectivity index (χ0v) is 12.4. The van der Waals surface area contributed by atoms with E-state index in [0.29, 0.717) is 5.69 Å². The zero-order chi connectivity index (χ0) is 15.4. The van der Waals surface area contributed by atoms with Crippen LogP contribution in [0.3, 0.4) is 0 Å². The summed E-state index contributed by atoms with van der Waals surface area (Å²) in [4.78, 5) is 11.3. The lowest BCUT2D eigenvalue weighted by Gasteiger charge is -2.19. The van der Waals surface area contributed by atoms with Crippen LogP contribution in [0.25, 0.3) is 0 Å². The number of anilines is 1. The standard InChI is InChI=1S/C17H19NO3/c1-11-5-4-6-15(17(19)20)16(11)18-12(2)13-7-9-14(21-3)10-8-13/h4-10,12,18H,1-3H3,(H,19,20). The average molecular weight is 285 g/mol. The van der Waals surface area contributed by atoms with Gasteiger partial charge in [-0.1, -0.05) is 24.3 Å². The molecule has 0 saturated carbocycles. The lowest BCUT2D eigenvalue weighted by molar-refractivity contribution is 0.0698. The number of hydrogen-bond acceptors (Lipinski definition) is 3. The van der Waals surface area contributed by atoms with Crippen LogP contribution in [0.1, 0.15) is 34.5 Å². The molecule has 0 aliphatic rings. The number of nitrogens with one attached hydrogen (secondary N) is 1. The average Bonchev–Trinajstić information content (AvgIpc) is 2.49. The highest BCUT2D eigenvalue weighted by Gasteiger charge is 2.14. The molecule has 4 nitrogen and oxygen atoms in total. The maximum absolute atomic E-state index is 11.3. The molecule has 2 aromatic rings. The van der Waals surface area contributed by atoms with Crippen LogP contribution < -0.4 is 10.1 Å². The molecule has 2 aromatic carbocycles. The molecule has 0 fully saturated rings. The van der Waals surface area contributed by atoms with Crippen LogP contribution in [0.5, 0.6) is 5.75 Å². The van der Waals surface area contributed by atoms with Gasteiger partial charge in [0.1, 0.15) is 5.75 Å². The Hall–Kier alpha value is -2.49. The van der Waals surface area contributed by atoms with Gasteiger partial charge in [-0.3, -0.25) is 0 Å². The van der Waals surface area contributed by atoms with Crippen molar-refractivity contribution in [3.05, 3.63) is 59.2 Å². The van der Waals surface area contributed by atoms with Crippen LogP contribution in [-0.4, -0.2) is 18.2 Å². The zero-order valence-electron chi connectivity index (χ0n) is 12.4. The van der Waals surface area contributed by atoms with E-state index in [2.05, 4.69) is 5.32 Å². The Morgan fingerprint density at radius 1 is 1.19 bits per heavy atom. The molecule has 1 atom stereocenters. The Kier molecular flexibility index (Phi) is 4.48. The first kappa shape index (κ1) is 14.9. The number of para-hydroxylation sites is 1. The van der Waals surface area contributed by atoms with Crippen molar-refractivity contribution in [3.63, 3.8) is 0 Å². The molecule has 2 N–H and O–H groups in total. The molecule has 0 spiro atoms. The number of carbonyl (C=O) groups is 1. The van der Waals surface area contributed by atoms with Gasteiger partial charge >= 0.3 is 5.97 Å². The number of hydrogen-bond donors (Lipinski definition) is 2. The number of aromatic carboxylic acids is 1. The minimum Gasteiger partial charge on any atom is -0.497 e. The van der Waals surface area contributed by atoms with E-state index in [-0.39, 0.29) is 11.6 Å². The fourth-order valence-corrected chi connectivity index (χ4v) is 2.23. The van der Waals surface area contributed by atoms with Gasteiger partial charge in [0, 0.05) is 6.04 Å². The third-order valence-corrected chi connectivity index (χ3v) is 3.48. The summed E-state index contributed by atoms with van der Waals surface area (Å²) in [7, 11) is 1.63. The second-order valence-electron chi connectivity index (χ2n) is 4.94. The van der Waals surface area contributed by atoms with Gasteiger partial charge in [0.25, 0.3) is 0 Å². The van der Waals surface area contributed by atoms with Gasteiger partial charge in [-0.25, -0.2) is 4.79 Å². The van der Waals surface area contributed by atoms with Gasteiger partial charge in [0.2, 0.25) is 0 Å². The number of ether oxygens (including phenoxy) is 1. The van der Waals surface area contributed by atoms with Crippen molar-refractivity contribution in [3.8, 4) is 5.75 Å². The molecule has 1 unspecified atom stereocenters. The number of rotatable bonds is 5. The van der Waals surface area contributed by atoms with E-state index in [1.54, 1.807) is 19.2 Å². The van der Waals surface area contributed by atoms with Crippen molar-refractivity contribution in [2.24, 2.45) is 0 Å². The molecule has 21 heavy (non-hydrogen) atoms. The largest absolute Gasteiger partial charge is 0.497 e. The van der Waals surface area contributed by atoms with Gasteiger partial charge < -0.3 is 15.2 Å². The summed E-state index contributed by atoms with van der Waals surface area (Å²) < 4.78 is 5.14. The first-order valence-electron chi connectivity index (χ1n) is 6.76. The lowest BCUT2D eigenvalue weighted by Crippen LogP contribution is -2.12. The quantitative estimate of drug-likeness (QED) is 0.875. The van der Waals surface area contributed by atoms with Crippen molar-refractivity contribution < 1.29 is 14.6 Å². The number of carboxylic acids is 1. The van der Waals surface area contributed by atoms with Gasteiger partial charge in [-0.05, 0) is 43.2 Å². The summed E-state index contributed by atoms with van der Waals surface area (Å²) in [6.45, 7) is 3.90. The Morgan fingerprint density at radius 3 is 2.43 bits per heavy atom. The van der Waals surface area contributed by atoms with E-state index in [1.165, 1.54) is 0 Å². The molecule has 0 heterocycles. The predicted molar refractivity (Wildman–Crippen MR) is 83.2 cm³/mol. The maximum Gasteiger partial charge on any atom is 0.337 e. The van der Waals surface area contributed by atoms with E-state index < -0.39 is 5.97 Å². The van der Waals surface area contributed by atoms with E-state index in [9.17, 15) is 9.90 Å². The molecule has 0 saturated heterocycles. The molecule has 0 aliphatic heterocycles. The Balaban J connectivity index is 2.26. The molecule has 0 bridgehead atoms. The smallest absolute Gasteiger partial charge is 0.337 e. The molecule has 4 heteroatoms. The molecule has 110 valence electrons. The Labute approximate surface area is 124 Å². The summed E-state index contributed by atoms with van der Waals surface area (Å²) in [5.74, 6) is -0.129. The van der Waals surface area contributed by atoms with Gasteiger partial charge in [0.05, 0.1) is 18.4 Å². The van der Waals surface area contributed by atoms with Crippen LogP contribution in [-0.2, 0) is 0 Å². The van der Waals surface area contributed by atoms with Crippen molar-refractivity contribution in [1.29, 1.82) is 0 Å². The van der Waals surface area contributed by atoms with Crippen molar-refractivity contribution >= 4 is 11.7 Å². The third-order valence-electron chi connectivity index (χ3n) is 3.48.